The van der Waals surface area contributed by atoms with Crippen molar-refractivity contribution in [2.45, 2.75) is 50.5 Å². The van der Waals surface area contributed by atoms with Crippen molar-refractivity contribution in [1.82, 2.24) is 14.9 Å². The third-order valence-corrected chi connectivity index (χ3v) is 5.51. The number of rotatable bonds is 6. The molecule has 1 aliphatic rings. The summed E-state index contributed by atoms with van der Waals surface area (Å²) in [5, 5.41) is 3.76. The first-order valence-electron chi connectivity index (χ1n) is 8.09. The van der Waals surface area contributed by atoms with Crippen LogP contribution in [0.3, 0.4) is 0 Å². The summed E-state index contributed by atoms with van der Waals surface area (Å²) in [6.07, 6.45) is 3.88. The molecular weight excluding hydrogens is 330 g/mol. The lowest BCUT2D eigenvalue weighted by Gasteiger charge is -2.14. The summed E-state index contributed by atoms with van der Waals surface area (Å²) in [7, 11) is -3.59. The molecule has 0 bridgehead atoms. The standard InChI is InChI=1S/C16H21N3O4S/c1-3-22-15-9-8-13(10-14(15)16-17-11(2)18-23-16)24(20,21)19-12-6-4-5-7-12/h8-10,12,19H,3-7H2,1-2H3. The zero-order chi connectivity index (χ0) is 17.2. The Labute approximate surface area is 141 Å². The third kappa shape index (κ3) is 3.59. The number of sulfonamides is 1. The monoisotopic (exact) mass is 351 g/mol. The van der Waals surface area contributed by atoms with E-state index in [2.05, 4.69) is 14.9 Å². The molecule has 1 N–H and O–H groups in total. The van der Waals surface area contributed by atoms with Crippen LogP contribution in [-0.2, 0) is 10.0 Å². The Morgan fingerprint density at radius 1 is 1.33 bits per heavy atom. The maximum Gasteiger partial charge on any atom is 0.261 e. The maximum atomic E-state index is 12.6. The van der Waals surface area contributed by atoms with Crippen LogP contribution in [0.15, 0.2) is 27.6 Å². The van der Waals surface area contributed by atoms with Crippen LogP contribution in [0.2, 0.25) is 0 Å². The molecule has 3 rings (SSSR count). The second-order valence-corrected chi connectivity index (χ2v) is 7.55. The van der Waals surface area contributed by atoms with Gasteiger partial charge in [0.15, 0.2) is 5.82 Å². The fourth-order valence-corrected chi connectivity index (χ4v) is 4.19. The molecule has 1 heterocycles. The molecule has 0 radical (unpaired) electrons. The van der Waals surface area contributed by atoms with Crippen molar-refractivity contribution in [3.63, 3.8) is 0 Å². The average Bonchev–Trinajstić information content (AvgIpc) is 3.19. The second kappa shape index (κ2) is 6.90. The Balaban J connectivity index is 1.97. The smallest absolute Gasteiger partial charge is 0.261 e. The topological polar surface area (TPSA) is 94.3 Å². The van der Waals surface area contributed by atoms with Gasteiger partial charge >= 0.3 is 0 Å². The molecule has 0 amide bonds. The number of hydrogen-bond acceptors (Lipinski definition) is 6. The Morgan fingerprint density at radius 3 is 2.71 bits per heavy atom. The van der Waals surface area contributed by atoms with Crippen molar-refractivity contribution in [2.24, 2.45) is 0 Å². The lowest BCUT2D eigenvalue weighted by molar-refractivity contribution is 0.339. The zero-order valence-corrected chi connectivity index (χ0v) is 14.6. The predicted octanol–water partition coefficient (Wildman–Crippen LogP) is 2.66. The van der Waals surface area contributed by atoms with Gasteiger partial charge in [-0.1, -0.05) is 18.0 Å². The lowest BCUT2D eigenvalue weighted by atomic mass is 10.2. The number of aryl methyl sites for hydroxylation is 1. The Morgan fingerprint density at radius 2 is 2.08 bits per heavy atom. The summed E-state index contributed by atoms with van der Waals surface area (Å²) in [5.74, 6) is 1.24. The van der Waals surface area contributed by atoms with Crippen molar-refractivity contribution in [3.8, 4) is 17.2 Å². The summed E-state index contributed by atoms with van der Waals surface area (Å²) in [5.41, 5.74) is 0.478. The van der Waals surface area contributed by atoms with Crippen LogP contribution in [0.4, 0.5) is 0 Å². The van der Waals surface area contributed by atoms with Gasteiger partial charge in [0.2, 0.25) is 10.0 Å². The molecule has 1 saturated carbocycles. The molecular formula is C16H21N3O4S. The third-order valence-electron chi connectivity index (χ3n) is 4.00. The average molecular weight is 351 g/mol. The molecule has 2 aromatic rings. The number of nitrogens with zero attached hydrogens (tertiary/aromatic N) is 2. The van der Waals surface area contributed by atoms with Gasteiger partial charge in [-0.3, -0.25) is 0 Å². The second-order valence-electron chi connectivity index (χ2n) is 5.84. The summed E-state index contributed by atoms with van der Waals surface area (Å²) in [6.45, 7) is 4.01. The molecule has 24 heavy (non-hydrogen) atoms. The Hall–Kier alpha value is -1.93. The normalized spacial score (nSPS) is 15.8. The van der Waals surface area contributed by atoms with E-state index in [4.69, 9.17) is 9.26 Å². The summed E-state index contributed by atoms with van der Waals surface area (Å²) < 4.78 is 38.8. The maximum absolute atomic E-state index is 12.6. The SMILES string of the molecule is CCOc1ccc(S(=O)(=O)NC2CCCC2)cc1-c1nc(C)no1. The van der Waals surface area contributed by atoms with Gasteiger partial charge in [0.25, 0.3) is 5.89 Å². The highest BCUT2D eigenvalue weighted by atomic mass is 32.2. The minimum absolute atomic E-state index is 0.00988. The van der Waals surface area contributed by atoms with Crippen LogP contribution in [0.25, 0.3) is 11.5 Å². The molecule has 0 unspecified atom stereocenters. The zero-order valence-electron chi connectivity index (χ0n) is 13.8. The van der Waals surface area contributed by atoms with Gasteiger partial charge in [0.05, 0.1) is 17.1 Å². The van der Waals surface area contributed by atoms with Crippen LogP contribution in [0.5, 0.6) is 5.75 Å². The molecule has 7 nitrogen and oxygen atoms in total. The highest BCUT2D eigenvalue weighted by molar-refractivity contribution is 7.89. The number of benzene rings is 1. The molecule has 0 aliphatic heterocycles. The highest BCUT2D eigenvalue weighted by Crippen LogP contribution is 2.32. The first-order valence-corrected chi connectivity index (χ1v) is 9.58. The minimum Gasteiger partial charge on any atom is -0.493 e. The molecule has 130 valence electrons. The van der Waals surface area contributed by atoms with Crippen molar-refractivity contribution in [3.05, 3.63) is 24.0 Å². The quantitative estimate of drug-likeness (QED) is 0.860. The van der Waals surface area contributed by atoms with E-state index in [1.807, 2.05) is 6.92 Å². The summed E-state index contributed by atoms with van der Waals surface area (Å²) in [4.78, 5) is 4.35. The summed E-state index contributed by atoms with van der Waals surface area (Å²) in [6, 6.07) is 4.70. The van der Waals surface area contributed by atoms with E-state index in [0.29, 0.717) is 23.7 Å². The van der Waals surface area contributed by atoms with Gasteiger partial charge in [-0.15, -0.1) is 0 Å². The summed E-state index contributed by atoms with van der Waals surface area (Å²) >= 11 is 0. The predicted molar refractivity (Wildman–Crippen MR) is 88.2 cm³/mol. The van der Waals surface area contributed by atoms with Crippen molar-refractivity contribution in [1.29, 1.82) is 0 Å². The minimum atomic E-state index is -3.59. The van der Waals surface area contributed by atoms with Gasteiger partial charge in [-0.25, -0.2) is 13.1 Å². The van der Waals surface area contributed by atoms with Crippen LogP contribution < -0.4 is 9.46 Å². The van der Waals surface area contributed by atoms with E-state index < -0.39 is 10.0 Å². The molecule has 1 fully saturated rings. The van der Waals surface area contributed by atoms with E-state index >= 15 is 0 Å². The number of aromatic nitrogens is 2. The number of nitrogens with one attached hydrogen (secondary N) is 1. The molecule has 0 atom stereocenters. The van der Waals surface area contributed by atoms with E-state index in [0.717, 1.165) is 25.7 Å². The van der Waals surface area contributed by atoms with E-state index in [1.165, 1.54) is 12.1 Å². The van der Waals surface area contributed by atoms with Crippen LogP contribution >= 0.6 is 0 Å². The van der Waals surface area contributed by atoms with Gasteiger partial charge in [-0.05, 0) is 44.9 Å². The Kier molecular flexibility index (Phi) is 4.86. The van der Waals surface area contributed by atoms with E-state index in [-0.39, 0.29) is 16.8 Å². The van der Waals surface area contributed by atoms with E-state index in [1.54, 1.807) is 13.0 Å². The molecule has 0 saturated heterocycles. The van der Waals surface area contributed by atoms with Crippen molar-refractivity contribution in [2.75, 3.05) is 6.61 Å². The lowest BCUT2D eigenvalue weighted by Crippen LogP contribution is -2.32. The molecule has 1 aromatic heterocycles. The number of ether oxygens (including phenoxy) is 1. The molecule has 1 aromatic carbocycles. The first-order chi connectivity index (χ1) is 11.5. The fraction of sp³-hybridized carbons (Fsp3) is 0.500. The van der Waals surface area contributed by atoms with Gasteiger partial charge in [-0.2, -0.15) is 4.98 Å². The molecule has 0 spiro atoms. The first kappa shape index (κ1) is 16.9. The molecule has 8 heteroatoms. The van der Waals surface area contributed by atoms with Gasteiger partial charge in [0.1, 0.15) is 5.75 Å². The van der Waals surface area contributed by atoms with Crippen LogP contribution in [-0.4, -0.2) is 31.2 Å². The van der Waals surface area contributed by atoms with Crippen LogP contribution in [0, 0.1) is 6.92 Å². The van der Waals surface area contributed by atoms with E-state index in [9.17, 15) is 8.42 Å². The number of hydrogen-bond donors (Lipinski definition) is 1. The largest absolute Gasteiger partial charge is 0.493 e. The highest BCUT2D eigenvalue weighted by Gasteiger charge is 2.25. The van der Waals surface area contributed by atoms with Crippen LogP contribution in [0.1, 0.15) is 38.4 Å². The Bertz CT molecular complexity index is 810. The van der Waals surface area contributed by atoms with Gasteiger partial charge in [0, 0.05) is 6.04 Å². The van der Waals surface area contributed by atoms with Crippen molar-refractivity contribution < 1.29 is 17.7 Å². The molecule has 1 aliphatic carbocycles. The van der Waals surface area contributed by atoms with Gasteiger partial charge < -0.3 is 9.26 Å². The van der Waals surface area contributed by atoms with Crippen molar-refractivity contribution >= 4 is 10.0 Å². The fourth-order valence-electron chi connectivity index (χ4n) is 2.86.